The third kappa shape index (κ3) is 5.08. The summed E-state index contributed by atoms with van der Waals surface area (Å²) in [5.41, 5.74) is 1.44. The molecule has 1 aromatic rings. The molecule has 0 N–H and O–H groups in total. The summed E-state index contributed by atoms with van der Waals surface area (Å²) in [5.74, 6) is 0.778. The number of halogens is 1. The predicted molar refractivity (Wildman–Crippen MR) is 73.0 cm³/mol. The molecule has 0 fully saturated rings. The minimum Gasteiger partial charge on any atom is -0.288 e. The number of hydrogen-bond acceptors (Lipinski definition) is 3. The van der Waals surface area contributed by atoms with Crippen molar-refractivity contribution in [2.45, 2.75) is 13.3 Å². The third-order valence-electron chi connectivity index (χ3n) is 2.02. The fraction of sp³-hybridized carbons (Fsp3) is 0.231. The van der Waals surface area contributed by atoms with E-state index in [1.54, 1.807) is 19.1 Å². The van der Waals surface area contributed by atoms with Crippen molar-refractivity contribution in [3.05, 3.63) is 40.4 Å². The number of benzene rings is 1. The van der Waals surface area contributed by atoms with Crippen LogP contribution in [0.2, 0.25) is 5.02 Å². The second-order valence-electron chi connectivity index (χ2n) is 3.38. The molecule has 0 heterocycles. The van der Waals surface area contributed by atoms with Crippen LogP contribution in [0.25, 0.3) is 6.08 Å². The van der Waals surface area contributed by atoms with Crippen LogP contribution in [-0.2, 0) is 4.79 Å². The zero-order chi connectivity index (χ0) is 12.7. The van der Waals surface area contributed by atoms with Gasteiger partial charge in [-0.2, -0.15) is 5.26 Å². The first-order valence-electron chi connectivity index (χ1n) is 5.13. The Balaban J connectivity index is 2.54. The Bertz CT molecular complexity index is 477. The van der Waals surface area contributed by atoms with Crippen molar-refractivity contribution in [1.29, 1.82) is 5.26 Å². The normalized spacial score (nSPS) is 10.4. The van der Waals surface area contributed by atoms with E-state index >= 15 is 0 Å². The molecule has 0 saturated heterocycles. The second-order valence-corrected chi connectivity index (χ2v) is 5.06. The number of nitriles is 1. The number of nitrogens with zero attached hydrogens (tertiary/aromatic N) is 1. The molecule has 0 amide bonds. The summed E-state index contributed by atoms with van der Waals surface area (Å²) in [6.45, 7) is 1.56. The van der Waals surface area contributed by atoms with E-state index in [0.717, 1.165) is 17.7 Å². The Kier molecular flexibility index (Phi) is 5.82. The third-order valence-corrected chi connectivity index (χ3v) is 3.19. The quantitative estimate of drug-likeness (QED) is 0.776. The summed E-state index contributed by atoms with van der Waals surface area (Å²) in [7, 11) is 0. The molecule has 0 aliphatic rings. The van der Waals surface area contributed by atoms with E-state index < -0.39 is 0 Å². The van der Waals surface area contributed by atoms with Gasteiger partial charge < -0.3 is 0 Å². The number of thioether (sulfide) groups is 1. The highest BCUT2D eigenvalue weighted by atomic mass is 35.5. The highest BCUT2D eigenvalue weighted by Gasteiger charge is 1.98. The molecule has 2 nitrogen and oxygen atoms in total. The largest absolute Gasteiger partial charge is 0.288 e. The van der Waals surface area contributed by atoms with E-state index in [1.807, 2.05) is 24.3 Å². The number of rotatable bonds is 4. The molecule has 1 aromatic carbocycles. The van der Waals surface area contributed by atoms with Gasteiger partial charge in [0, 0.05) is 17.7 Å². The summed E-state index contributed by atoms with van der Waals surface area (Å²) in [6.07, 6.45) is 4.70. The molecular formula is C13H12ClNOS. The van der Waals surface area contributed by atoms with Crippen molar-refractivity contribution in [2.75, 3.05) is 5.75 Å². The summed E-state index contributed by atoms with van der Waals surface area (Å²) in [4.78, 5) is 10.7. The highest BCUT2D eigenvalue weighted by molar-refractivity contribution is 8.13. The van der Waals surface area contributed by atoms with Crippen molar-refractivity contribution in [3.63, 3.8) is 0 Å². The van der Waals surface area contributed by atoms with Gasteiger partial charge in [0.05, 0.1) is 11.6 Å². The van der Waals surface area contributed by atoms with E-state index in [2.05, 4.69) is 0 Å². The molecule has 0 bridgehead atoms. The van der Waals surface area contributed by atoms with Crippen molar-refractivity contribution in [1.82, 2.24) is 0 Å². The van der Waals surface area contributed by atoms with Crippen LogP contribution in [0.15, 0.2) is 24.3 Å². The lowest BCUT2D eigenvalue weighted by atomic mass is 10.1. The monoisotopic (exact) mass is 265 g/mol. The summed E-state index contributed by atoms with van der Waals surface area (Å²) in [6, 6.07) is 7.23. The van der Waals surface area contributed by atoms with E-state index in [0.29, 0.717) is 10.6 Å². The standard InChI is InChI=1S/C13H12ClNOS/c1-10(16)17-7-3-2-4-12-6-5-11(9-15)8-13(12)14/h2,4-6,8H,3,7H2,1H3. The van der Waals surface area contributed by atoms with E-state index in [9.17, 15) is 4.79 Å². The van der Waals surface area contributed by atoms with Crippen LogP contribution in [0.5, 0.6) is 0 Å². The maximum atomic E-state index is 10.7. The molecule has 0 aromatic heterocycles. The maximum Gasteiger partial charge on any atom is 0.185 e. The van der Waals surface area contributed by atoms with E-state index in [1.165, 1.54) is 11.8 Å². The minimum absolute atomic E-state index is 0.134. The van der Waals surface area contributed by atoms with Crippen LogP contribution in [0, 0.1) is 11.3 Å². The molecule has 0 aliphatic heterocycles. The van der Waals surface area contributed by atoms with Gasteiger partial charge in [0.1, 0.15) is 0 Å². The fourth-order valence-electron chi connectivity index (χ4n) is 1.21. The van der Waals surface area contributed by atoms with Gasteiger partial charge in [-0.1, -0.05) is 41.6 Å². The molecule has 0 spiro atoms. The Morgan fingerprint density at radius 2 is 2.35 bits per heavy atom. The summed E-state index contributed by atoms with van der Waals surface area (Å²) < 4.78 is 0. The lowest BCUT2D eigenvalue weighted by molar-refractivity contribution is -0.109. The smallest absolute Gasteiger partial charge is 0.185 e. The van der Waals surface area contributed by atoms with Crippen LogP contribution < -0.4 is 0 Å². The molecule has 0 radical (unpaired) electrons. The van der Waals surface area contributed by atoms with Crippen molar-refractivity contribution in [3.8, 4) is 6.07 Å². The van der Waals surface area contributed by atoms with E-state index in [-0.39, 0.29) is 5.12 Å². The molecule has 1 rings (SSSR count). The minimum atomic E-state index is 0.134. The molecule has 0 unspecified atom stereocenters. The number of carbonyl (C=O) groups excluding carboxylic acids is 1. The number of allylic oxidation sites excluding steroid dienone is 1. The molecule has 0 saturated carbocycles. The van der Waals surface area contributed by atoms with Gasteiger partial charge in [0.25, 0.3) is 0 Å². The van der Waals surface area contributed by atoms with Gasteiger partial charge in [0.15, 0.2) is 5.12 Å². The van der Waals surface area contributed by atoms with Gasteiger partial charge in [0.2, 0.25) is 0 Å². The Labute approximate surface area is 110 Å². The lowest BCUT2D eigenvalue weighted by Crippen LogP contribution is -1.84. The molecular weight excluding hydrogens is 254 g/mol. The first-order valence-corrected chi connectivity index (χ1v) is 6.49. The van der Waals surface area contributed by atoms with Crippen molar-refractivity contribution in [2.24, 2.45) is 0 Å². The first kappa shape index (κ1) is 13.8. The number of carbonyl (C=O) groups is 1. The zero-order valence-electron chi connectivity index (χ0n) is 9.44. The Morgan fingerprint density at radius 1 is 1.59 bits per heavy atom. The summed E-state index contributed by atoms with van der Waals surface area (Å²) >= 11 is 7.32. The summed E-state index contributed by atoms with van der Waals surface area (Å²) in [5, 5.41) is 9.39. The van der Waals surface area contributed by atoms with Gasteiger partial charge in [-0.15, -0.1) is 0 Å². The van der Waals surface area contributed by atoms with Gasteiger partial charge in [-0.05, 0) is 24.1 Å². The van der Waals surface area contributed by atoms with Crippen LogP contribution in [0.1, 0.15) is 24.5 Å². The topological polar surface area (TPSA) is 40.9 Å². The average Bonchev–Trinajstić information content (AvgIpc) is 2.30. The van der Waals surface area contributed by atoms with E-state index in [4.69, 9.17) is 16.9 Å². The molecule has 0 atom stereocenters. The van der Waals surface area contributed by atoms with Gasteiger partial charge in [-0.3, -0.25) is 4.79 Å². The Morgan fingerprint density at radius 3 is 2.94 bits per heavy atom. The van der Waals surface area contributed by atoms with Crippen molar-refractivity contribution < 1.29 is 4.79 Å². The second kappa shape index (κ2) is 7.16. The average molecular weight is 266 g/mol. The zero-order valence-corrected chi connectivity index (χ0v) is 11.0. The maximum absolute atomic E-state index is 10.7. The number of hydrogen-bond donors (Lipinski definition) is 0. The molecule has 4 heteroatoms. The Hall–Kier alpha value is -1.24. The fourth-order valence-corrected chi connectivity index (χ4v) is 2.00. The highest BCUT2D eigenvalue weighted by Crippen LogP contribution is 2.19. The predicted octanol–water partition coefficient (Wildman–Crippen LogP) is 3.89. The SMILES string of the molecule is CC(=O)SCCC=Cc1ccc(C#N)cc1Cl. The first-order chi connectivity index (χ1) is 8.13. The molecule has 88 valence electrons. The van der Waals surface area contributed by atoms with Crippen LogP contribution in [-0.4, -0.2) is 10.9 Å². The lowest BCUT2D eigenvalue weighted by Gasteiger charge is -1.98. The molecule has 17 heavy (non-hydrogen) atoms. The van der Waals surface area contributed by atoms with Gasteiger partial charge in [-0.25, -0.2) is 0 Å². The van der Waals surface area contributed by atoms with Crippen LogP contribution in [0.4, 0.5) is 0 Å². The van der Waals surface area contributed by atoms with Gasteiger partial charge >= 0.3 is 0 Å². The van der Waals surface area contributed by atoms with Crippen LogP contribution in [0.3, 0.4) is 0 Å². The van der Waals surface area contributed by atoms with Crippen LogP contribution >= 0.6 is 23.4 Å². The molecule has 0 aliphatic carbocycles. The van der Waals surface area contributed by atoms with Crippen molar-refractivity contribution >= 4 is 34.6 Å².